The third-order valence-corrected chi connectivity index (χ3v) is 20.2. The smallest absolute Gasteiger partial charge is 0.0736 e. The van der Waals surface area contributed by atoms with Crippen LogP contribution in [0.25, 0.3) is 42.4 Å². The third kappa shape index (κ3) is 6.02. The van der Waals surface area contributed by atoms with Gasteiger partial charge in [-0.25, -0.2) is 0 Å². The molecule has 0 N–H and O–H groups in total. The molecule has 0 saturated heterocycles. The van der Waals surface area contributed by atoms with E-state index >= 15 is 0 Å². The molecule has 0 atom stereocenters. The second kappa shape index (κ2) is 15.7. The molecule has 4 heteroatoms. The number of nitrogens with zero attached hydrogens (tertiary/aromatic N) is 1. The van der Waals surface area contributed by atoms with Crippen LogP contribution in [0.15, 0.2) is 232 Å². The van der Waals surface area contributed by atoms with Crippen LogP contribution in [0, 0.1) is 0 Å². The average molecular weight is 1000 g/mol. The van der Waals surface area contributed by atoms with Crippen molar-refractivity contribution in [2.75, 3.05) is 4.90 Å². The Labute approximate surface area is 447 Å². The summed E-state index contributed by atoms with van der Waals surface area (Å²) in [5.41, 5.74) is 21.0. The van der Waals surface area contributed by atoms with Gasteiger partial charge in [-0.2, -0.15) is 0 Å². The molecule has 15 rings (SSSR count). The normalized spacial score (nSPS) is 15.0. The molecule has 356 valence electrons. The zero-order valence-corrected chi connectivity index (χ0v) is 44.8. The van der Waals surface area contributed by atoms with Gasteiger partial charge in [-0.3, -0.25) is 0 Å². The molecular weight excluding hydrogens is 951 g/mol. The van der Waals surface area contributed by atoms with Crippen molar-refractivity contribution in [2.45, 2.75) is 82.8 Å². The minimum absolute atomic E-state index is 0.0430. The standard InChI is InChI=1S/C70H53NS3/c1-67(2,3)42-30-36-63-57(38-42)70(58-39-43(68(4,5)6)31-37-64(58)74-63)52-22-11-8-19-47(52)49-35-33-45(41-56(49)70)71(59-25-17-29-65-66(59)50-20-9-14-26-60(50)72-65)44-32-34-48-46-18-7-10-21-51(46)69(55(48)40-44)53-23-12-15-27-61(53)73-62-28-16-13-24-54(62)69/h7-41H,1-6H3. The lowest BCUT2D eigenvalue weighted by Crippen LogP contribution is -2.33. The summed E-state index contributed by atoms with van der Waals surface area (Å²) >= 11 is 5.72. The van der Waals surface area contributed by atoms with Gasteiger partial charge in [-0.15, -0.1) is 11.3 Å². The number of fused-ring (bicyclic) bond motifs is 21. The van der Waals surface area contributed by atoms with Crippen LogP contribution in [0.3, 0.4) is 0 Å². The summed E-state index contributed by atoms with van der Waals surface area (Å²) in [6, 6.07) is 82.3. The molecule has 3 heterocycles. The van der Waals surface area contributed by atoms with Crippen LogP contribution in [0.1, 0.15) is 97.2 Å². The van der Waals surface area contributed by atoms with Crippen molar-refractivity contribution in [3.63, 3.8) is 0 Å². The Kier molecular flexibility index (Phi) is 9.44. The first-order chi connectivity index (χ1) is 35.9. The highest BCUT2D eigenvalue weighted by atomic mass is 32.2. The van der Waals surface area contributed by atoms with Crippen LogP contribution in [-0.4, -0.2) is 0 Å². The van der Waals surface area contributed by atoms with Crippen molar-refractivity contribution < 1.29 is 0 Å². The molecule has 2 spiro atoms. The van der Waals surface area contributed by atoms with Gasteiger partial charge < -0.3 is 4.90 Å². The van der Waals surface area contributed by atoms with Crippen LogP contribution in [0.5, 0.6) is 0 Å². The Morgan fingerprint density at radius 2 is 0.770 bits per heavy atom. The number of hydrogen-bond donors (Lipinski definition) is 0. The number of hydrogen-bond acceptors (Lipinski definition) is 4. The van der Waals surface area contributed by atoms with Gasteiger partial charge >= 0.3 is 0 Å². The number of benzene rings is 10. The van der Waals surface area contributed by atoms with E-state index in [1.807, 2.05) is 34.9 Å². The first-order valence-corrected chi connectivity index (χ1v) is 28.4. The summed E-state index contributed by atoms with van der Waals surface area (Å²) in [5, 5.41) is 2.57. The van der Waals surface area contributed by atoms with E-state index in [4.69, 9.17) is 0 Å². The zero-order chi connectivity index (χ0) is 49.9. The number of rotatable bonds is 3. The van der Waals surface area contributed by atoms with E-state index in [1.54, 1.807) is 0 Å². The van der Waals surface area contributed by atoms with Crippen molar-refractivity contribution in [1.82, 2.24) is 0 Å². The largest absolute Gasteiger partial charge is 0.310 e. The van der Waals surface area contributed by atoms with E-state index in [0.29, 0.717) is 0 Å². The minimum Gasteiger partial charge on any atom is -0.310 e. The number of anilines is 3. The average Bonchev–Trinajstić information content (AvgIpc) is 4.05. The van der Waals surface area contributed by atoms with Gasteiger partial charge in [-0.1, -0.05) is 211 Å². The van der Waals surface area contributed by atoms with Crippen molar-refractivity contribution in [2.24, 2.45) is 0 Å². The van der Waals surface area contributed by atoms with Crippen LogP contribution in [0.4, 0.5) is 17.1 Å². The van der Waals surface area contributed by atoms with Crippen LogP contribution in [-0.2, 0) is 21.7 Å². The quantitative estimate of drug-likeness (QED) is 0.174. The lowest BCUT2D eigenvalue weighted by molar-refractivity contribution is 0.581. The van der Waals surface area contributed by atoms with Crippen LogP contribution >= 0.6 is 34.9 Å². The maximum atomic E-state index is 2.61. The summed E-state index contributed by atoms with van der Waals surface area (Å²) in [6.45, 7) is 14.1. The molecule has 4 aliphatic rings. The van der Waals surface area contributed by atoms with Gasteiger partial charge in [0.25, 0.3) is 0 Å². The Hall–Kier alpha value is -7.08. The lowest BCUT2D eigenvalue weighted by atomic mass is 9.65. The van der Waals surface area contributed by atoms with Gasteiger partial charge in [-0.05, 0) is 155 Å². The highest BCUT2D eigenvalue weighted by Gasteiger charge is 2.53. The molecule has 0 fully saturated rings. The van der Waals surface area contributed by atoms with E-state index in [1.165, 1.54) is 123 Å². The second-order valence-corrected chi connectivity index (χ2v) is 26.0. The van der Waals surface area contributed by atoms with Gasteiger partial charge in [0, 0.05) is 51.1 Å². The molecular formula is C70H53NS3. The summed E-state index contributed by atoms with van der Waals surface area (Å²) in [7, 11) is 0. The van der Waals surface area contributed by atoms with E-state index in [-0.39, 0.29) is 10.8 Å². The maximum Gasteiger partial charge on any atom is 0.0736 e. The summed E-state index contributed by atoms with van der Waals surface area (Å²) in [6.07, 6.45) is 0. The summed E-state index contributed by atoms with van der Waals surface area (Å²) in [5.74, 6) is 0. The van der Waals surface area contributed by atoms with E-state index < -0.39 is 10.8 Å². The molecule has 0 bridgehead atoms. The Morgan fingerprint density at radius 1 is 0.338 bits per heavy atom. The Bertz CT molecular complexity index is 4090. The fourth-order valence-corrected chi connectivity index (χ4v) is 16.8. The van der Waals surface area contributed by atoms with E-state index in [0.717, 1.165) is 11.4 Å². The fraction of sp³-hybridized carbons (Fsp3) is 0.143. The zero-order valence-electron chi connectivity index (χ0n) is 42.4. The Morgan fingerprint density at radius 3 is 1.31 bits per heavy atom. The van der Waals surface area contributed by atoms with Gasteiger partial charge in [0.1, 0.15) is 0 Å². The molecule has 0 unspecified atom stereocenters. The second-order valence-electron chi connectivity index (χ2n) is 22.8. The molecule has 0 amide bonds. The molecule has 2 aliphatic heterocycles. The first kappa shape index (κ1) is 44.4. The maximum absolute atomic E-state index is 2.61. The monoisotopic (exact) mass is 1000 g/mol. The lowest BCUT2D eigenvalue weighted by Gasteiger charge is -2.42. The molecule has 10 aromatic carbocycles. The molecule has 0 radical (unpaired) electrons. The first-order valence-electron chi connectivity index (χ1n) is 26.0. The van der Waals surface area contributed by atoms with Gasteiger partial charge in [0.2, 0.25) is 0 Å². The minimum atomic E-state index is -0.579. The topological polar surface area (TPSA) is 3.24 Å². The molecule has 1 aromatic heterocycles. The highest BCUT2D eigenvalue weighted by molar-refractivity contribution is 7.99. The summed E-state index contributed by atoms with van der Waals surface area (Å²) < 4.78 is 2.58. The molecule has 74 heavy (non-hydrogen) atoms. The number of thiophene rings is 1. The van der Waals surface area contributed by atoms with Gasteiger partial charge in [0.15, 0.2) is 0 Å². The van der Waals surface area contributed by atoms with Crippen molar-refractivity contribution >= 4 is 72.1 Å². The van der Waals surface area contributed by atoms with E-state index in [2.05, 4.69) is 259 Å². The molecule has 2 aliphatic carbocycles. The Balaban J connectivity index is 1.05. The van der Waals surface area contributed by atoms with Crippen molar-refractivity contribution in [1.29, 1.82) is 0 Å². The SMILES string of the molecule is CC(C)(C)c1ccc2c(c1)C1(c3cc(C(C)(C)C)ccc3S2)c2ccccc2-c2ccc(N(c3ccc4c(c3)C3(c5ccccc5Sc5ccccc53)c3ccccc3-4)c3cccc4sc5ccccc5c34)cc21. The predicted molar refractivity (Wildman–Crippen MR) is 314 cm³/mol. The molecule has 11 aromatic rings. The van der Waals surface area contributed by atoms with Crippen molar-refractivity contribution in [3.05, 3.63) is 268 Å². The van der Waals surface area contributed by atoms with Crippen molar-refractivity contribution in [3.8, 4) is 22.3 Å². The van der Waals surface area contributed by atoms with Crippen LogP contribution in [0.2, 0.25) is 0 Å². The third-order valence-electron chi connectivity index (χ3n) is 16.7. The van der Waals surface area contributed by atoms with Gasteiger partial charge in [0.05, 0.1) is 16.5 Å². The van der Waals surface area contributed by atoms with E-state index in [9.17, 15) is 0 Å². The van der Waals surface area contributed by atoms with Crippen LogP contribution < -0.4 is 4.90 Å². The fourth-order valence-electron chi connectivity index (χ4n) is 13.4. The summed E-state index contributed by atoms with van der Waals surface area (Å²) in [4.78, 5) is 7.88. The predicted octanol–water partition coefficient (Wildman–Crippen LogP) is 19.8. The molecule has 1 nitrogen and oxygen atoms in total. The highest BCUT2D eigenvalue weighted by Crippen LogP contribution is 2.66. The molecule has 0 saturated carbocycles.